The Hall–Kier alpha value is -2.96. The molecule has 1 fully saturated rings. The smallest absolute Gasteiger partial charge is 0.254 e. The predicted molar refractivity (Wildman–Crippen MR) is 132 cm³/mol. The van der Waals surface area contributed by atoms with Crippen molar-refractivity contribution in [3.05, 3.63) is 101 Å². The molecule has 1 saturated carbocycles. The first-order chi connectivity index (χ1) is 16.3. The van der Waals surface area contributed by atoms with Crippen LogP contribution in [0, 0.1) is 0 Å². The number of nitrogens with zero attached hydrogens (tertiary/aromatic N) is 1. The normalized spacial score (nSPS) is 18.5. The number of sulfone groups is 1. The van der Waals surface area contributed by atoms with Crippen molar-refractivity contribution in [2.45, 2.75) is 41.9 Å². The Kier molecular flexibility index (Phi) is 6.91. The highest BCUT2D eigenvalue weighted by molar-refractivity contribution is 7.90. The van der Waals surface area contributed by atoms with Crippen molar-refractivity contribution in [2.75, 3.05) is 7.05 Å². The Morgan fingerprint density at radius 1 is 0.971 bits per heavy atom. The molecule has 0 aliphatic heterocycles. The lowest BCUT2D eigenvalue weighted by Crippen LogP contribution is -2.54. The summed E-state index contributed by atoms with van der Waals surface area (Å²) in [5.74, 6) is -0.615. The van der Waals surface area contributed by atoms with Crippen LogP contribution in [-0.4, -0.2) is 32.1 Å². The number of halogens is 1. The number of benzene rings is 3. The van der Waals surface area contributed by atoms with Crippen LogP contribution in [0.3, 0.4) is 0 Å². The van der Waals surface area contributed by atoms with Gasteiger partial charge in [0.25, 0.3) is 5.91 Å². The zero-order valence-corrected chi connectivity index (χ0v) is 20.5. The fourth-order valence-corrected chi connectivity index (χ4v) is 6.37. The third-order valence-electron chi connectivity index (χ3n) is 6.48. The Labute approximate surface area is 205 Å². The van der Waals surface area contributed by atoms with Crippen molar-refractivity contribution in [1.82, 2.24) is 4.90 Å². The molecule has 4 rings (SSSR count). The summed E-state index contributed by atoms with van der Waals surface area (Å²) >= 11 is 6.51. The second kappa shape index (κ2) is 9.72. The van der Waals surface area contributed by atoms with Gasteiger partial charge >= 0.3 is 0 Å². The Morgan fingerprint density at radius 2 is 1.68 bits per heavy atom. The Bertz CT molecular complexity index is 1320. The van der Waals surface area contributed by atoms with Crippen LogP contribution in [0.5, 0.6) is 0 Å². The van der Waals surface area contributed by atoms with Gasteiger partial charge in [-0.3, -0.25) is 9.59 Å². The van der Waals surface area contributed by atoms with Crippen LogP contribution >= 0.6 is 11.6 Å². The lowest BCUT2D eigenvalue weighted by molar-refractivity contribution is -0.132. The van der Waals surface area contributed by atoms with Gasteiger partial charge in [-0.05, 0) is 55.2 Å². The van der Waals surface area contributed by atoms with Crippen LogP contribution in [0.2, 0.25) is 5.02 Å². The second-order valence-corrected chi connectivity index (χ2v) is 11.0. The van der Waals surface area contributed by atoms with Crippen molar-refractivity contribution >= 4 is 33.1 Å². The quantitative estimate of drug-likeness (QED) is 0.457. The van der Waals surface area contributed by atoms with Gasteiger partial charge in [0.1, 0.15) is 5.54 Å². The standard InChI is InChI=1S/C27H26ClNO4S/c1-29(27(17-8-7-16-25(27)30)23-14-5-6-15-24(23)28)26(31)21-11-9-10-20(18-21)19-34(32,33)22-12-3-2-4-13-22/h2-6,9-15,18H,7-8,16-17,19H2,1H3. The molecule has 7 heteroatoms. The molecule has 0 N–H and O–H groups in total. The molecule has 3 aromatic rings. The zero-order valence-electron chi connectivity index (χ0n) is 18.9. The third kappa shape index (κ3) is 4.52. The molecule has 1 atom stereocenters. The summed E-state index contributed by atoms with van der Waals surface area (Å²) < 4.78 is 25.7. The van der Waals surface area contributed by atoms with Crippen molar-refractivity contribution in [1.29, 1.82) is 0 Å². The first-order valence-electron chi connectivity index (χ1n) is 11.2. The lowest BCUT2D eigenvalue weighted by Gasteiger charge is -2.44. The van der Waals surface area contributed by atoms with Gasteiger partial charge in [-0.15, -0.1) is 0 Å². The molecule has 1 unspecified atom stereocenters. The Morgan fingerprint density at radius 3 is 2.38 bits per heavy atom. The average Bonchev–Trinajstić information content (AvgIpc) is 2.84. The fraction of sp³-hybridized carbons (Fsp3) is 0.259. The number of hydrogen-bond donors (Lipinski definition) is 0. The number of rotatable bonds is 6. The van der Waals surface area contributed by atoms with E-state index in [2.05, 4.69) is 0 Å². The number of ketones is 1. The highest BCUT2D eigenvalue weighted by atomic mass is 35.5. The molecule has 1 aliphatic carbocycles. The summed E-state index contributed by atoms with van der Waals surface area (Å²) in [7, 11) is -1.94. The highest BCUT2D eigenvalue weighted by Gasteiger charge is 2.48. The molecular weight excluding hydrogens is 470 g/mol. The van der Waals surface area contributed by atoms with E-state index in [0.717, 1.165) is 12.8 Å². The van der Waals surface area contributed by atoms with E-state index in [1.807, 2.05) is 6.07 Å². The zero-order chi connectivity index (χ0) is 24.3. The summed E-state index contributed by atoms with van der Waals surface area (Å²) in [6.45, 7) is 0. The van der Waals surface area contributed by atoms with Gasteiger partial charge < -0.3 is 4.90 Å². The van der Waals surface area contributed by atoms with E-state index in [9.17, 15) is 18.0 Å². The summed E-state index contributed by atoms with van der Waals surface area (Å²) in [5, 5.41) is 0.445. The minimum atomic E-state index is -3.56. The first kappa shape index (κ1) is 24.2. The van der Waals surface area contributed by atoms with Crippen LogP contribution in [0.15, 0.2) is 83.8 Å². The summed E-state index contributed by atoms with van der Waals surface area (Å²) in [6.07, 6.45) is 2.43. The molecule has 0 heterocycles. The van der Waals surface area contributed by atoms with Gasteiger partial charge in [0, 0.05) is 29.6 Å². The van der Waals surface area contributed by atoms with Crippen LogP contribution < -0.4 is 0 Å². The van der Waals surface area contributed by atoms with E-state index in [0.29, 0.717) is 34.6 Å². The predicted octanol–water partition coefficient (Wildman–Crippen LogP) is 5.42. The van der Waals surface area contributed by atoms with E-state index < -0.39 is 15.4 Å². The number of carbonyl (C=O) groups excluding carboxylic acids is 2. The van der Waals surface area contributed by atoms with Gasteiger partial charge in [-0.1, -0.05) is 60.1 Å². The maximum absolute atomic E-state index is 13.6. The van der Waals surface area contributed by atoms with Crippen LogP contribution in [-0.2, 0) is 25.9 Å². The van der Waals surface area contributed by atoms with Gasteiger partial charge in [0.2, 0.25) is 0 Å². The minimum Gasteiger partial charge on any atom is -0.325 e. The number of Topliss-reactive ketones (excluding diaryl/α,β-unsaturated/α-hetero) is 1. The van der Waals surface area contributed by atoms with Gasteiger partial charge in [0.05, 0.1) is 10.6 Å². The number of amides is 1. The highest BCUT2D eigenvalue weighted by Crippen LogP contribution is 2.42. The number of likely N-dealkylation sites (N-methyl/N-ethyl adjacent to an activating group) is 1. The van der Waals surface area contributed by atoms with Crippen molar-refractivity contribution in [2.24, 2.45) is 0 Å². The number of carbonyl (C=O) groups is 2. The molecule has 1 aliphatic rings. The van der Waals surface area contributed by atoms with E-state index in [4.69, 9.17) is 11.6 Å². The van der Waals surface area contributed by atoms with E-state index in [1.54, 1.807) is 79.8 Å². The molecule has 34 heavy (non-hydrogen) atoms. The number of hydrogen-bond acceptors (Lipinski definition) is 4. The average molecular weight is 496 g/mol. The third-order valence-corrected chi connectivity index (χ3v) is 8.52. The van der Waals surface area contributed by atoms with Crippen LogP contribution in [0.25, 0.3) is 0 Å². The fourth-order valence-electron chi connectivity index (χ4n) is 4.72. The van der Waals surface area contributed by atoms with Crippen molar-refractivity contribution in [3.8, 4) is 0 Å². The van der Waals surface area contributed by atoms with E-state index in [1.165, 1.54) is 4.90 Å². The largest absolute Gasteiger partial charge is 0.325 e. The topological polar surface area (TPSA) is 71.5 Å². The SMILES string of the molecule is CN(C(=O)c1cccc(CS(=O)(=O)c2ccccc2)c1)C1(c2ccccc2Cl)CCCCC1=O. The lowest BCUT2D eigenvalue weighted by atomic mass is 9.74. The van der Waals surface area contributed by atoms with Gasteiger partial charge in [-0.25, -0.2) is 8.42 Å². The maximum atomic E-state index is 13.6. The summed E-state index contributed by atoms with van der Waals surface area (Å²) in [6, 6.07) is 22.0. The molecule has 3 aromatic carbocycles. The monoisotopic (exact) mass is 495 g/mol. The molecule has 0 aromatic heterocycles. The van der Waals surface area contributed by atoms with E-state index >= 15 is 0 Å². The molecule has 0 saturated heterocycles. The summed E-state index contributed by atoms with van der Waals surface area (Å²) in [5.41, 5.74) is 0.303. The van der Waals surface area contributed by atoms with E-state index in [-0.39, 0.29) is 22.3 Å². The van der Waals surface area contributed by atoms with Gasteiger partial charge in [-0.2, -0.15) is 0 Å². The molecule has 176 valence electrons. The van der Waals surface area contributed by atoms with Gasteiger partial charge in [0.15, 0.2) is 15.6 Å². The molecular formula is C27H26ClNO4S. The van der Waals surface area contributed by atoms with Crippen LogP contribution in [0.4, 0.5) is 0 Å². The molecule has 0 bridgehead atoms. The summed E-state index contributed by atoms with van der Waals surface area (Å²) in [4.78, 5) is 28.7. The van der Waals surface area contributed by atoms with Crippen LogP contribution in [0.1, 0.15) is 47.2 Å². The Balaban J connectivity index is 1.68. The molecule has 0 radical (unpaired) electrons. The molecule has 1 amide bonds. The maximum Gasteiger partial charge on any atom is 0.254 e. The van der Waals surface area contributed by atoms with Crippen molar-refractivity contribution in [3.63, 3.8) is 0 Å². The minimum absolute atomic E-state index is 0.0366. The first-order valence-corrected chi connectivity index (χ1v) is 13.2. The van der Waals surface area contributed by atoms with Crippen molar-refractivity contribution < 1.29 is 18.0 Å². The molecule has 5 nitrogen and oxygen atoms in total. The second-order valence-electron chi connectivity index (χ2n) is 8.61. The molecule has 0 spiro atoms.